The molecule has 0 fully saturated rings. The van der Waals surface area contributed by atoms with E-state index >= 15 is 0 Å². The number of hydrogen-bond donors (Lipinski definition) is 2. The zero-order valence-electron chi connectivity index (χ0n) is 11.3. The topological polar surface area (TPSA) is 68.8 Å². The normalized spacial score (nSPS) is 12.9. The fraction of sp³-hybridized carbons (Fsp3) is 0.385. The molecule has 19 heavy (non-hydrogen) atoms. The van der Waals surface area contributed by atoms with Gasteiger partial charge >= 0.3 is 0 Å². The molecule has 102 valence electrons. The van der Waals surface area contributed by atoms with Crippen molar-refractivity contribution in [2.45, 2.75) is 32.9 Å². The Morgan fingerprint density at radius 2 is 2.16 bits per heavy atom. The summed E-state index contributed by atoms with van der Waals surface area (Å²) < 4.78 is 2.91. The van der Waals surface area contributed by atoms with Gasteiger partial charge in [-0.3, -0.25) is 15.5 Å². The van der Waals surface area contributed by atoms with Gasteiger partial charge in [0.05, 0.1) is 22.4 Å². The van der Waals surface area contributed by atoms with E-state index in [0.29, 0.717) is 0 Å². The number of aryl methyl sites for hydroxylation is 1. The lowest BCUT2D eigenvalue weighted by Gasteiger charge is -2.21. The Kier molecular flexibility index (Phi) is 4.34. The lowest BCUT2D eigenvalue weighted by atomic mass is 10.0. The average Bonchev–Trinajstić information content (AvgIpc) is 2.73. The molecule has 3 N–H and O–H groups in total. The molecule has 6 heteroatoms. The first-order valence-corrected chi connectivity index (χ1v) is 6.95. The van der Waals surface area contributed by atoms with Crippen LogP contribution in [0, 0.1) is 6.92 Å². The van der Waals surface area contributed by atoms with Gasteiger partial charge in [-0.2, -0.15) is 5.10 Å². The van der Waals surface area contributed by atoms with Crippen molar-refractivity contribution in [3.05, 3.63) is 46.0 Å². The molecule has 0 aliphatic rings. The van der Waals surface area contributed by atoms with E-state index in [9.17, 15) is 0 Å². The standard InChI is InChI=1S/C13H18BrN5/c1-8(2)19-13(11(14)7-17-19)12(18-15)10-4-5-16-9(3)6-10/h4-8,12,18H,15H2,1-3H3. The van der Waals surface area contributed by atoms with Gasteiger partial charge in [-0.1, -0.05) is 0 Å². The van der Waals surface area contributed by atoms with Crippen molar-refractivity contribution in [1.82, 2.24) is 20.2 Å². The molecule has 1 unspecified atom stereocenters. The highest BCUT2D eigenvalue weighted by molar-refractivity contribution is 9.10. The fourth-order valence-corrected chi connectivity index (χ4v) is 2.61. The van der Waals surface area contributed by atoms with Gasteiger partial charge in [-0.25, -0.2) is 5.43 Å². The molecule has 2 rings (SSSR count). The molecule has 0 spiro atoms. The number of nitrogens with two attached hydrogens (primary N) is 1. The van der Waals surface area contributed by atoms with Crippen LogP contribution >= 0.6 is 15.9 Å². The summed E-state index contributed by atoms with van der Waals surface area (Å²) in [5.74, 6) is 5.75. The van der Waals surface area contributed by atoms with Gasteiger partial charge in [-0.05, 0) is 54.4 Å². The molecule has 1 atom stereocenters. The third kappa shape index (κ3) is 2.86. The molecule has 0 saturated heterocycles. The fourth-order valence-electron chi connectivity index (χ4n) is 2.11. The summed E-state index contributed by atoms with van der Waals surface area (Å²) in [5, 5.41) is 4.39. The maximum absolute atomic E-state index is 5.75. The molecule has 0 aromatic carbocycles. The van der Waals surface area contributed by atoms with Crippen molar-refractivity contribution < 1.29 is 0 Å². The van der Waals surface area contributed by atoms with E-state index in [1.807, 2.05) is 23.7 Å². The Bertz CT molecular complexity index is 564. The van der Waals surface area contributed by atoms with Crippen LogP contribution in [0.15, 0.2) is 29.0 Å². The lowest BCUT2D eigenvalue weighted by Crippen LogP contribution is -2.31. The van der Waals surface area contributed by atoms with E-state index in [1.165, 1.54) is 0 Å². The first-order chi connectivity index (χ1) is 9.04. The van der Waals surface area contributed by atoms with Crippen LogP contribution in [0.2, 0.25) is 0 Å². The van der Waals surface area contributed by atoms with Crippen LogP contribution < -0.4 is 11.3 Å². The number of pyridine rings is 1. The molecule has 2 aromatic rings. The number of nitrogens with zero attached hydrogens (tertiary/aromatic N) is 3. The van der Waals surface area contributed by atoms with Crippen LogP contribution in [0.3, 0.4) is 0 Å². The minimum absolute atomic E-state index is 0.124. The van der Waals surface area contributed by atoms with Crippen molar-refractivity contribution in [3.8, 4) is 0 Å². The quantitative estimate of drug-likeness (QED) is 0.670. The van der Waals surface area contributed by atoms with E-state index in [-0.39, 0.29) is 12.1 Å². The number of aromatic nitrogens is 3. The van der Waals surface area contributed by atoms with Crippen LogP contribution in [0.4, 0.5) is 0 Å². The average molecular weight is 324 g/mol. The van der Waals surface area contributed by atoms with Crippen LogP contribution in [0.1, 0.15) is 42.9 Å². The minimum atomic E-state index is -0.124. The minimum Gasteiger partial charge on any atom is -0.271 e. The van der Waals surface area contributed by atoms with Gasteiger partial charge in [0.1, 0.15) is 0 Å². The molecule has 0 aliphatic carbocycles. The number of hydrazine groups is 1. The van der Waals surface area contributed by atoms with E-state index in [2.05, 4.69) is 45.3 Å². The summed E-state index contributed by atoms with van der Waals surface area (Å²) >= 11 is 3.55. The van der Waals surface area contributed by atoms with E-state index in [1.54, 1.807) is 12.4 Å². The summed E-state index contributed by atoms with van der Waals surface area (Å²) in [6.07, 6.45) is 3.59. The first kappa shape index (κ1) is 14.2. The molecular formula is C13H18BrN5. The van der Waals surface area contributed by atoms with E-state index in [0.717, 1.165) is 21.4 Å². The molecule has 0 saturated carbocycles. The molecule has 2 aromatic heterocycles. The summed E-state index contributed by atoms with van der Waals surface area (Å²) in [4.78, 5) is 4.22. The molecule has 0 bridgehead atoms. The van der Waals surface area contributed by atoms with Gasteiger partial charge in [0.15, 0.2) is 0 Å². The van der Waals surface area contributed by atoms with Crippen molar-refractivity contribution >= 4 is 15.9 Å². The Labute approximate surface area is 121 Å². The summed E-state index contributed by atoms with van der Waals surface area (Å²) in [7, 11) is 0. The molecule has 2 heterocycles. The zero-order valence-corrected chi connectivity index (χ0v) is 12.8. The van der Waals surface area contributed by atoms with E-state index < -0.39 is 0 Å². The number of rotatable bonds is 4. The lowest BCUT2D eigenvalue weighted by molar-refractivity contribution is 0.475. The maximum atomic E-state index is 5.75. The summed E-state index contributed by atoms with van der Waals surface area (Å²) in [6.45, 7) is 6.15. The SMILES string of the molecule is Cc1cc(C(NN)c2c(Br)cnn2C(C)C)ccn1. The third-order valence-electron chi connectivity index (χ3n) is 2.97. The molecule has 0 radical (unpaired) electrons. The molecule has 0 aliphatic heterocycles. The molecule has 0 amide bonds. The third-order valence-corrected chi connectivity index (χ3v) is 3.58. The smallest absolute Gasteiger partial charge is 0.0891 e. The highest BCUT2D eigenvalue weighted by Crippen LogP contribution is 2.29. The highest BCUT2D eigenvalue weighted by atomic mass is 79.9. The van der Waals surface area contributed by atoms with Gasteiger partial charge in [0.2, 0.25) is 0 Å². The predicted molar refractivity (Wildman–Crippen MR) is 78.5 cm³/mol. The van der Waals surface area contributed by atoms with Crippen molar-refractivity contribution in [1.29, 1.82) is 0 Å². The zero-order chi connectivity index (χ0) is 14.0. The van der Waals surface area contributed by atoms with Crippen molar-refractivity contribution in [2.24, 2.45) is 5.84 Å². The number of halogens is 1. The second-order valence-corrected chi connectivity index (χ2v) is 5.60. The first-order valence-electron chi connectivity index (χ1n) is 6.16. The van der Waals surface area contributed by atoms with Crippen LogP contribution in [0.25, 0.3) is 0 Å². The second kappa shape index (κ2) is 5.81. The van der Waals surface area contributed by atoms with Crippen LogP contribution in [-0.2, 0) is 0 Å². The van der Waals surface area contributed by atoms with Crippen molar-refractivity contribution in [3.63, 3.8) is 0 Å². The second-order valence-electron chi connectivity index (χ2n) is 4.75. The van der Waals surface area contributed by atoms with Crippen LogP contribution in [0.5, 0.6) is 0 Å². The van der Waals surface area contributed by atoms with Gasteiger partial charge in [0.25, 0.3) is 0 Å². The molecule has 5 nitrogen and oxygen atoms in total. The van der Waals surface area contributed by atoms with Gasteiger partial charge in [0, 0.05) is 17.9 Å². The Hall–Kier alpha value is -1.24. The van der Waals surface area contributed by atoms with Crippen molar-refractivity contribution in [2.75, 3.05) is 0 Å². The number of hydrogen-bond acceptors (Lipinski definition) is 4. The largest absolute Gasteiger partial charge is 0.271 e. The predicted octanol–water partition coefficient (Wildman–Crippen LogP) is 2.48. The summed E-state index contributed by atoms with van der Waals surface area (Å²) in [6, 6.07) is 4.12. The number of nitrogens with one attached hydrogen (secondary N) is 1. The Balaban J connectivity index is 2.51. The summed E-state index contributed by atoms with van der Waals surface area (Å²) in [5.41, 5.74) is 5.91. The Morgan fingerprint density at radius 3 is 2.74 bits per heavy atom. The Morgan fingerprint density at radius 1 is 1.42 bits per heavy atom. The highest BCUT2D eigenvalue weighted by Gasteiger charge is 2.22. The van der Waals surface area contributed by atoms with Gasteiger partial charge < -0.3 is 0 Å². The molecular weight excluding hydrogens is 306 g/mol. The van der Waals surface area contributed by atoms with E-state index in [4.69, 9.17) is 5.84 Å². The maximum Gasteiger partial charge on any atom is 0.0891 e. The van der Waals surface area contributed by atoms with Gasteiger partial charge in [-0.15, -0.1) is 0 Å². The monoisotopic (exact) mass is 323 g/mol. The van der Waals surface area contributed by atoms with Crippen LogP contribution in [-0.4, -0.2) is 14.8 Å².